The molecule has 6 heteroatoms. The van der Waals surface area contributed by atoms with Crippen LogP contribution in [0.4, 0.5) is 4.39 Å². The van der Waals surface area contributed by atoms with Gasteiger partial charge < -0.3 is 4.42 Å². The second-order valence-corrected chi connectivity index (χ2v) is 6.59. The van der Waals surface area contributed by atoms with Crippen LogP contribution in [0.1, 0.15) is 18.4 Å². The third kappa shape index (κ3) is 3.09. The molecule has 0 atom stereocenters. The fraction of sp³-hybridized carbons (Fsp3) is 0.278. The van der Waals surface area contributed by atoms with Gasteiger partial charge in [-0.3, -0.25) is 9.47 Å². The minimum absolute atomic E-state index is 0.245. The van der Waals surface area contributed by atoms with E-state index in [0.29, 0.717) is 29.9 Å². The predicted octanol–water partition coefficient (Wildman–Crippen LogP) is 4.01. The molecule has 1 saturated carbocycles. The Morgan fingerprint density at radius 2 is 1.96 bits per heavy atom. The molecule has 0 radical (unpaired) electrons. The third-order valence-electron chi connectivity index (χ3n) is 4.32. The first kappa shape index (κ1) is 15.4. The first-order chi connectivity index (χ1) is 11.6. The Morgan fingerprint density at radius 1 is 1.21 bits per heavy atom. The summed E-state index contributed by atoms with van der Waals surface area (Å²) >= 11 is 5.95. The smallest absolute Gasteiger partial charge is 0.408 e. The summed E-state index contributed by atoms with van der Waals surface area (Å²) in [5.74, 6) is -0.636. The first-order valence-corrected chi connectivity index (χ1v) is 8.25. The van der Waals surface area contributed by atoms with Gasteiger partial charge in [0.2, 0.25) is 0 Å². The van der Waals surface area contributed by atoms with Crippen molar-refractivity contribution < 1.29 is 8.81 Å². The van der Waals surface area contributed by atoms with Gasteiger partial charge in [-0.25, -0.2) is 9.18 Å². The maximum absolute atomic E-state index is 13.1. The van der Waals surface area contributed by atoms with Crippen molar-refractivity contribution in [2.24, 2.45) is 0 Å². The highest BCUT2D eigenvalue weighted by Crippen LogP contribution is 2.29. The Kier molecular flexibility index (Phi) is 3.90. The molecule has 1 fully saturated rings. The largest absolute Gasteiger partial charge is 0.421 e. The van der Waals surface area contributed by atoms with Gasteiger partial charge in [-0.05, 0) is 42.7 Å². The topological polar surface area (TPSA) is 38.4 Å². The van der Waals surface area contributed by atoms with Gasteiger partial charge in [0.05, 0.1) is 12.2 Å². The SMILES string of the molecule is O=c1oc2cc(Cl)ccc2n1CN(Cc1ccc(F)cc1)C1CC1. The fourth-order valence-corrected chi connectivity index (χ4v) is 3.08. The lowest BCUT2D eigenvalue weighted by molar-refractivity contribution is 0.194. The lowest BCUT2D eigenvalue weighted by atomic mass is 10.2. The average Bonchev–Trinajstić information content (AvgIpc) is 3.35. The third-order valence-corrected chi connectivity index (χ3v) is 4.55. The van der Waals surface area contributed by atoms with Crippen LogP contribution in [-0.4, -0.2) is 15.5 Å². The summed E-state index contributed by atoms with van der Waals surface area (Å²) in [5.41, 5.74) is 2.24. The maximum Gasteiger partial charge on any atom is 0.421 e. The molecule has 24 heavy (non-hydrogen) atoms. The fourth-order valence-electron chi connectivity index (χ4n) is 2.91. The number of oxazole rings is 1. The monoisotopic (exact) mass is 346 g/mol. The second-order valence-electron chi connectivity index (χ2n) is 6.15. The zero-order valence-corrected chi connectivity index (χ0v) is 13.7. The standard InChI is InChI=1S/C18H16ClFN2O2/c19-13-3-8-16-17(9-13)24-18(23)22(16)11-21(15-6-7-15)10-12-1-4-14(20)5-2-12/h1-5,8-9,15H,6-7,10-11H2. The van der Waals surface area contributed by atoms with Gasteiger partial charge >= 0.3 is 5.76 Å². The van der Waals surface area contributed by atoms with E-state index in [4.69, 9.17) is 16.0 Å². The number of hydrogen-bond acceptors (Lipinski definition) is 3. The molecule has 0 aliphatic heterocycles. The summed E-state index contributed by atoms with van der Waals surface area (Å²) < 4.78 is 20.0. The Balaban J connectivity index is 1.63. The highest BCUT2D eigenvalue weighted by atomic mass is 35.5. The Morgan fingerprint density at radius 3 is 2.67 bits per heavy atom. The molecular weight excluding hydrogens is 331 g/mol. The normalized spacial score (nSPS) is 14.6. The van der Waals surface area contributed by atoms with Gasteiger partial charge in [0.1, 0.15) is 5.82 Å². The lowest BCUT2D eigenvalue weighted by Crippen LogP contribution is -2.32. The van der Waals surface area contributed by atoms with Gasteiger partial charge in [-0.2, -0.15) is 0 Å². The zero-order chi connectivity index (χ0) is 16.7. The molecular formula is C18H16ClFN2O2. The van der Waals surface area contributed by atoms with E-state index < -0.39 is 5.76 Å². The minimum Gasteiger partial charge on any atom is -0.408 e. The molecule has 0 bridgehead atoms. The van der Waals surface area contributed by atoms with Crippen molar-refractivity contribution in [1.82, 2.24) is 9.47 Å². The van der Waals surface area contributed by atoms with E-state index in [9.17, 15) is 9.18 Å². The van der Waals surface area contributed by atoms with Crippen molar-refractivity contribution in [2.45, 2.75) is 32.1 Å². The molecule has 1 aliphatic rings. The number of halogens is 2. The molecule has 0 N–H and O–H groups in total. The molecule has 4 rings (SSSR count). The molecule has 0 saturated heterocycles. The van der Waals surface area contributed by atoms with Gasteiger partial charge in [0.25, 0.3) is 0 Å². The van der Waals surface area contributed by atoms with E-state index >= 15 is 0 Å². The van der Waals surface area contributed by atoms with Crippen LogP contribution in [0, 0.1) is 5.82 Å². The summed E-state index contributed by atoms with van der Waals surface area (Å²) in [6, 6.07) is 12.1. The Bertz CT molecular complexity index is 928. The van der Waals surface area contributed by atoms with Gasteiger partial charge in [-0.1, -0.05) is 23.7 Å². The van der Waals surface area contributed by atoms with E-state index in [1.54, 1.807) is 34.9 Å². The number of benzene rings is 2. The highest BCUT2D eigenvalue weighted by molar-refractivity contribution is 6.31. The van der Waals surface area contributed by atoms with E-state index in [-0.39, 0.29) is 5.82 Å². The van der Waals surface area contributed by atoms with Crippen molar-refractivity contribution in [3.05, 3.63) is 69.4 Å². The quantitative estimate of drug-likeness (QED) is 0.700. The second kappa shape index (κ2) is 6.07. The molecule has 0 spiro atoms. The zero-order valence-electron chi connectivity index (χ0n) is 12.9. The van der Waals surface area contributed by atoms with Gasteiger partial charge in [0, 0.05) is 23.7 Å². The highest BCUT2D eigenvalue weighted by Gasteiger charge is 2.30. The number of fused-ring (bicyclic) bond motifs is 1. The molecule has 1 aliphatic carbocycles. The Labute approximate surface area is 143 Å². The Hall–Kier alpha value is -2.11. The molecule has 1 aromatic heterocycles. The van der Waals surface area contributed by atoms with Crippen molar-refractivity contribution in [1.29, 1.82) is 0 Å². The van der Waals surface area contributed by atoms with E-state index in [1.165, 1.54) is 12.1 Å². The molecule has 1 heterocycles. The number of aromatic nitrogens is 1. The van der Waals surface area contributed by atoms with Gasteiger partial charge in [-0.15, -0.1) is 0 Å². The van der Waals surface area contributed by atoms with Crippen LogP contribution in [0.15, 0.2) is 51.7 Å². The average molecular weight is 347 g/mol. The summed E-state index contributed by atoms with van der Waals surface area (Å²) in [5, 5.41) is 0.536. The van der Waals surface area contributed by atoms with Crippen LogP contribution in [0.2, 0.25) is 5.02 Å². The molecule has 2 aromatic carbocycles. The van der Waals surface area contributed by atoms with Crippen LogP contribution in [0.5, 0.6) is 0 Å². The summed E-state index contributed by atoms with van der Waals surface area (Å²) in [6.45, 7) is 1.10. The van der Waals surface area contributed by atoms with Crippen LogP contribution in [-0.2, 0) is 13.2 Å². The molecule has 3 aromatic rings. The van der Waals surface area contributed by atoms with Crippen molar-refractivity contribution >= 4 is 22.7 Å². The summed E-state index contributed by atoms with van der Waals surface area (Å²) in [6.07, 6.45) is 2.22. The van der Waals surface area contributed by atoms with Crippen LogP contribution >= 0.6 is 11.6 Å². The first-order valence-electron chi connectivity index (χ1n) is 7.87. The van der Waals surface area contributed by atoms with Crippen LogP contribution in [0.3, 0.4) is 0 Å². The van der Waals surface area contributed by atoms with Crippen LogP contribution in [0.25, 0.3) is 11.1 Å². The van der Waals surface area contributed by atoms with E-state index in [2.05, 4.69) is 4.90 Å². The summed E-state index contributed by atoms with van der Waals surface area (Å²) in [4.78, 5) is 14.4. The summed E-state index contributed by atoms with van der Waals surface area (Å²) in [7, 11) is 0. The van der Waals surface area contributed by atoms with Crippen molar-refractivity contribution in [3.8, 4) is 0 Å². The molecule has 124 valence electrons. The molecule has 4 nitrogen and oxygen atoms in total. The minimum atomic E-state index is -0.392. The number of hydrogen-bond donors (Lipinski definition) is 0. The molecule has 0 amide bonds. The molecule has 0 unspecified atom stereocenters. The van der Waals surface area contributed by atoms with Crippen LogP contribution < -0.4 is 5.76 Å². The van der Waals surface area contributed by atoms with E-state index in [0.717, 1.165) is 23.9 Å². The lowest BCUT2D eigenvalue weighted by Gasteiger charge is -2.22. The van der Waals surface area contributed by atoms with Crippen molar-refractivity contribution in [2.75, 3.05) is 0 Å². The number of nitrogens with zero attached hydrogens (tertiary/aromatic N) is 2. The number of rotatable bonds is 5. The maximum atomic E-state index is 13.1. The predicted molar refractivity (Wildman–Crippen MR) is 90.4 cm³/mol. The van der Waals surface area contributed by atoms with Crippen molar-refractivity contribution in [3.63, 3.8) is 0 Å². The van der Waals surface area contributed by atoms with E-state index in [1.807, 2.05) is 0 Å². The van der Waals surface area contributed by atoms with Gasteiger partial charge in [0.15, 0.2) is 5.58 Å².